The molecule has 0 fully saturated rings. The number of ether oxygens (including phenoxy) is 1. The number of carbonyl (C=O) groups excluding carboxylic acids is 1. The summed E-state index contributed by atoms with van der Waals surface area (Å²) >= 11 is 0. The number of rotatable bonds is 8. The fraction of sp³-hybridized carbons (Fsp3) is 0.526. The van der Waals surface area contributed by atoms with Gasteiger partial charge >= 0.3 is 6.03 Å². The molecule has 3 N–H and O–H groups in total. The summed E-state index contributed by atoms with van der Waals surface area (Å²) in [5.74, 6) is 2.15. The number of nitrogens with one attached hydrogen (secondary N) is 1. The average molecular weight is 374 g/mol. The summed E-state index contributed by atoms with van der Waals surface area (Å²) in [5, 5.41) is 7.88. The van der Waals surface area contributed by atoms with Gasteiger partial charge in [0.15, 0.2) is 0 Å². The van der Waals surface area contributed by atoms with Gasteiger partial charge < -0.3 is 20.7 Å². The van der Waals surface area contributed by atoms with E-state index in [9.17, 15) is 4.79 Å². The largest absolute Gasteiger partial charge is 0.478 e. The lowest BCUT2D eigenvalue weighted by atomic mass is 10.1. The summed E-state index contributed by atoms with van der Waals surface area (Å²) in [6.45, 7) is 9.43. The van der Waals surface area contributed by atoms with Crippen LogP contribution >= 0.6 is 0 Å². The van der Waals surface area contributed by atoms with Gasteiger partial charge in [0.2, 0.25) is 5.88 Å². The highest BCUT2D eigenvalue weighted by Gasteiger charge is 2.19. The number of unbranched alkanes of at least 4 members (excludes halogenated alkanes) is 1. The summed E-state index contributed by atoms with van der Waals surface area (Å²) in [7, 11) is 1.68. The zero-order chi connectivity index (χ0) is 20.0. The fourth-order valence-corrected chi connectivity index (χ4v) is 2.53. The second-order valence-electron chi connectivity index (χ2n) is 7.56. The van der Waals surface area contributed by atoms with Gasteiger partial charge in [-0.3, -0.25) is 0 Å². The van der Waals surface area contributed by atoms with E-state index in [1.165, 1.54) is 4.90 Å². The monoisotopic (exact) mass is 374 g/mol. The molecule has 0 saturated carbocycles. The molecule has 0 saturated heterocycles. The van der Waals surface area contributed by atoms with E-state index in [0.29, 0.717) is 24.8 Å². The van der Waals surface area contributed by atoms with Gasteiger partial charge in [-0.25, -0.2) is 9.48 Å². The number of urea groups is 1. The van der Waals surface area contributed by atoms with Gasteiger partial charge in [-0.05, 0) is 46.6 Å². The minimum atomic E-state index is -0.416. The molecule has 2 heterocycles. The molecule has 0 bridgehead atoms. The van der Waals surface area contributed by atoms with Crippen LogP contribution in [0.5, 0.6) is 5.88 Å². The highest BCUT2D eigenvalue weighted by atomic mass is 16.5. The van der Waals surface area contributed by atoms with Crippen molar-refractivity contribution in [2.24, 2.45) is 5.73 Å². The molecule has 8 nitrogen and oxygen atoms in total. The maximum Gasteiger partial charge on any atom is 0.314 e. The molecular formula is C19H30N6O2. The van der Waals surface area contributed by atoms with Gasteiger partial charge in [-0.15, -0.1) is 0 Å². The van der Waals surface area contributed by atoms with Crippen molar-refractivity contribution >= 4 is 17.7 Å². The Morgan fingerprint density at radius 2 is 2.07 bits per heavy atom. The van der Waals surface area contributed by atoms with Crippen molar-refractivity contribution in [3.8, 4) is 5.88 Å². The van der Waals surface area contributed by atoms with Gasteiger partial charge in [-0.1, -0.05) is 6.07 Å². The molecule has 0 atom stereocenters. The van der Waals surface area contributed by atoms with Crippen molar-refractivity contribution in [1.29, 1.82) is 0 Å². The van der Waals surface area contributed by atoms with Crippen LogP contribution in [0.15, 0.2) is 24.3 Å². The SMILES string of the molecule is Cc1cc(Nc2cccc(OCCCCN(C)C(N)=O)n2)n(C(C)(C)C)n1. The number of aryl methyl sites for hydroxylation is 1. The number of aromatic nitrogens is 3. The number of anilines is 2. The predicted octanol–water partition coefficient (Wildman–Crippen LogP) is 3.25. The molecule has 2 amide bonds. The van der Waals surface area contributed by atoms with Crippen LogP contribution < -0.4 is 15.8 Å². The lowest BCUT2D eigenvalue weighted by Crippen LogP contribution is -2.32. The maximum atomic E-state index is 11.0. The first-order valence-electron chi connectivity index (χ1n) is 9.11. The molecule has 0 aliphatic rings. The predicted molar refractivity (Wildman–Crippen MR) is 106 cm³/mol. The summed E-state index contributed by atoms with van der Waals surface area (Å²) in [4.78, 5) is 16.9. The van der Waals surface area contributed by atoms with Crippen LogP contribution in [0.2, 0.25) is 0 Å². The Balaban J connectivity index is 1.92. The molecule has 8 heteroatoms. The molecule has 2 rings (SSSR count). The fourth-order valence-electron chi connectivity index (χ4n) is 2.53. The summed E-state index contributed by atoms with van der Waals surface area (Å²) in [5.41, 5.74) is 6.00. The van der Waals surface area contributed by atoms with Crippen molar-refractivity contribution in [1.82, 2.24) is 19.7 Å². The second-order valence-corrected chi connectivity index (χ2v) is 7.56. The minimum Gasteiger partial charge on any atom is -0.478 e. The standard InChI is InChI=1S/C19H30N6O2/c1-14-13-16(25(23-14)19(2,3)4)21-15-9-8-10-17(22-15)27-12-7-6-11-24(5)18(20)26/h8-10,13H,6-7,11-12H2,1-5H3,(H2,20,26)(H,21,22). The number of nitrogens with two attached hydrogens (primary N) is 1. The van der Waals surface area contributed by atoms with Gasteiger partial charge in [0, 0.05) is 25.7 Å². The third kappa shape index (κ3) is 6.16. The molecule has 27 heavy (non-hydrogen) atoms. The Morgan fingerprint density at radius 3 is 2.74 bits per heavy atom. The molecule has 0 radical (unpaired) electrons. The van der Waals surface area contributed by atoms with E-state index in [1.54, 1.807) is 7.05 Å². The van der Waals surface area contributed by atoms with E-state index in [0.717, 1.165) is 24.4 Å². The molecule has 0 aromatic carbocycles. The molecule has 0 spiro atoms. The van der Waals surface area contributed by atoms with E-state index in [2.05, 4.69) is 36.2 Å². The molecule has 148 valence electrons. The zero-order valence-corrected chi connectivity index (χ0v) is 16.8. The first-order chi connectivity index (χ1) is 12.7. The Morgan fingerprint density at radius 1 is 1.33 bits per heavy atom. The van der Waals surface area contributed by atoms with Gasteiger partial charge in [0.05, 0.1) is 17.8 Å². The lowest BCUT2D eigenvalue weighted by Gasteiger charge is -2.22. The van der Waals surface area contributed by atoms with Crippen molar-refractivity contribution in [3.05, 3.63) is 30.0 Å². The number of amides is 2. The van der Waals surface area contributed by atoms with E-state index in [-0.39, 0.29) is 5.54 Å². The van der Waals surface area contributed by atoms with Crippen LogP contribution in [0.4, 0.5) is 16.4 Å². The van der Waals surface area contributed by atoms with Crippen molar-refractivity contribution in [3.63, 3.8) is 0 Å². The molecule has 0 unspecified atom stereocenters. The van der Waals surface area contributed by atoms with Crippen molar-refractivity contribution < 1.29 is 9.53 Å². The summed E-state index contributed by atoms with van der Waals surface area (Å²) < 4.78 is 7.67. The van der Waals surface area contributed by atoms with Crippen LogP contribution in [0.1, 0.15) is 39.3 Å². The number of primary amides is 1. The minimum absolute atomic E-state index is 0.136. The maximum absolute atomic E-state index is 11.0. The number of pyridine rings is 1. The first-order valence-corrected chi connectivity index (χ1v) is 9.11. The van der Waals surface area contributed by atoms with Crippen molar-refractivity contribution in [2.75, 3.05) is 25.5 Å². The third-order valence-electron chi connectivity index (χ3n) is 3.96. The zero-order valence-electron chi connectivity index (χ0n) is 16.8. The molecular weight excluding hydrogens is 344 g/mol. The van der Waals surface area contributed by atoms with E-state index in [4.69, 9.17) is 10.5 Å². The van der Waals surface area contributed by atoms with Crippen LogP contribution in [0.3, 0.4) is 0 Å². The van der Waals surface area contributed by atoms with Gasteiger partial charge in [0.1, 0.15) is 11.6 Å². The summed E-state index contributed by atoms with van der Waals surface area (Å²) in [6.07, 6.45) is 1.63. The Kier molecular flexibility index (Phi) is 6.65. The Bertz CT molecular complexity index is 766. The number of hydrogen-bond acceptors (Lipinski definition) is 5. The van der Waals surface area contributed by atoms with E-state index >= 15 is 0 Å². The molecule has 0 aliphatic carbocycles. The topological polar surface area (TPSA) is 98.3 Å². The van der Waals surface area contributed by atoms with Crippen LogP contribution in [0, 0.1) is 6.92 Å². The third-order valence-corrected chi connectivity index (χ3v) is 3.96. The van der Waals surface area contributed by atoms with Crippen LogP contribution in [0.25, 0.3) is 0 Å². The van der Waals surface area contributed by atoms with Crippen LogP contribution in [-0.4, -0.2) is 45.9 Å². The van der Waals surface area contributed by atoms with Crippen molar-refractivity contribution in [2.45, 2.75) is 46.1 Å². The Hall–Kier alpha value is -2.77. The highest BCUT2D eigenvalue weighted by molar-refractivity contribution is 5.71. The highest BCUT2D eigenvalue weighted by Crippen LogP contribution is 2.24. The smallest absolute Gasteiger partial charge is 0.314 e. The van der Waals surface area contributed by atoms with E-state index in [1.807, 2.05) is 35.9 Å². The number of nitrogens with zero attached hydrogens (tertiary/aromatic N) is 4. The number of hydrogen-bond donors (Lipinski definition) is 2. The second kappa shape index (κ2) is 8.75. The van der Waals surface area contributed by atoms with Gasteiger partial charge in [-0.2, -0.15) is 10.1 Å². The normalized spacial score (nSPS) is 11.3. The Labute approximate surface area is 160 Å². The molecule has 0 aliphatic heterocycles. The van der Waals surface area contributed by atoms with E-state index < -0.39 is 6.03 Å². The summed E-state index contributed by atoms with van der Waals surface area (Å²) in [6, 6.07) is 7.20. The average Bonchev–Trinajstić information content (AvgIpc) is 2.95. The molecule has 2 aromatic heterocycles. The lowest BCUT2D eigenvalue weighted by molar-refractivity contribution is 0.215. The van der Waals surface area contributed by atoms with Crippen LogP contribution in [-0.2, 0) is 5.54 Å². The number of carbonyl (C=O) groups is 1. The first kappa shape index (κ1) is 20.5. The van der Waals surface area contributed by atoms with Gasteiger partial charge in [0.25, 0.3) is 0 Å². The molecule has 2 aromatic rings. The quantitative estimate of drug-likeness (QED) is 0.691.